The number of hydrogen-bond acceptors (Lipinski definition) is 6. The molecule has 0 aliphatic rings. The van der Waals surface area contributed by atoms with Gasteiger partial charge in [0.2, 0.25) is 0 Å². The summed E-state index contributed by atoms with van der Waals surface area (Å²) in [5.41, 5.74) is 0. The summed E-state index contributed by atoms with van der Waals surface area (Å²) >= 11 is 0. The van der Waals surface area contributed by atoms with E-state index >= 15 is 0 Å². The molecule has 0 saturated heterocycles. The zero-order valence-corrected chi connectivity index (χ0v) is 35.6. The van der Waals surface area contributed by atoms with Crippen LogP contribution < -0.4 is 0 Å². The molecule has 0 aliphatic carbocycles. The van der Waals surface area contributed by atoms with Crippen LogP contribution in [-0.4, -0.2) is 37.2 Å². The molecule has 0 saturated carbocycles. The molecular weight excluding hydrogens is 661 g/mol. The van der Waals surface area contributed by atoms with Crippen LogP contribution in [0.5, 0.6) is 0 Å². The maximum Gasteiger partial charge on any atom is 0.306 e. The number of allylic oxidation sites excluding steroid dienone is 2. The smallest absolute Gasteiger partial charge is 0.306 e. The number of ether oxygens (including phenoxy) is 3. The molecule has 0 spiro atoms. The van der Waals surface area contributed by atoms with E-state index in [4.69, 9.17) is 14.2 Å². The van der Waals surface area contributed by atoms with Gasteiger partial charge in [-0.3, -0.25) is 14.4 Å². The van der Waals surface area contributed by atoms with Gasteiger partial charge in [-0.05, 0) is 38.5 Å². The van der Waals surface area contributed by atoms with Crippen LogP contribution in [0.4, 0.5) is 0 Å². The average Bonchev–Trinajstić information content (AvgIpc) is 3.15. The summed E-state index contributed by atoms with van der Waals surface area (Å²) in [6.07, 6.45) is 44.8. The molecule has 0 radical (unpaired) electrons. The SMILES string of the molecule is CCCC/C=C\CCCCCCCC(=O)OC(COC(=O)CCCCCCCCCC)COC(=O)CCCCCCCCCCCCCCCCCC. The highest BCUT2D eigenvalue weighted by Crippen LogP contribution is 2.15. The van der Waals surface area contributed by atoms with Crippen molar-refractivity contribution in [2.45, 2.75) is 258 Å². The maximum absolute atomic E-state index is 12.7. The number of rotatable bonds is 42. The van der Waals surface area contributed by atoms with Crippen molar-refractivity contribution < 1.29 is 28.6 Å². The average molecular weight is 749 g/mol. The third-order valence-corrected chi connectivity index (χ3v) is 10.3. The molecule has 53 heavy (non-hydrogen) atoms. The molecule has 0 rings (SSSR count). The lowest BCUT2D eigenvalue weighted by Gasteiger charge is -2.18. The number of hydrogen-bond donors (Lipinski definition) is 0. The van der Waals surface area contributed by atoms with E-state index in [0.717, 1.165) is 64.2 Å². The molecule has 0 aromatic rings. The van der Waals surface area contributed by atoms with E-state index in [2.05, 4.69) is 32.9 Å². The van der Waals surface area contributed by atoms with Crippen molar-refractivity contribution in [2.24, 2.45) is 0 Å². The first-order chi connectivity index (χ1) is 26.0. The lowest BCUT2D eigenvalue weighted by Crippen LogP contribution is -2.30. The summed E-state index contributed by atoms with van der Waals surface area (Å²) in [7, 11) is 0. The van der Waals surface area contributed by atoms with Gasteiger partial charge in [0, 0.05) is 19.3 Å². The van der Waals surface area contributed by atoms with Gasteiger partial charge in [-0.15, -0.1) is 0 Å². The molecule has 6 heteroatoms. The van der Waals surface area contributed by atoms with Crippen LogP contribution in [0.1, 0.15) is 252 Å². The predicted octanol–water partition coefficient (Wildman–Crippen LogP) is 14.6. The second-order valence-corrected chi connectivity index (χ2v) is 15.7. The fourth-order valence-electron chi connectivity index (χ4n) is 6.72. The van der Waals surface area contributed by atoms with E-state index in [9.17, 15) is 14.4 Å². The first-order valence-electron chi connectivity index (χ1n) is 23.2. The zero-order valence-electron chi connectivity index (χ0n) is 35.6. The molecule has 0 bridgehead atoms. The van der Waals surface area contributed by atoms with Crippen LogP contribution in [0.25, 0.3) is 0 Å². The van der Waals surface area contributed by atoms with Gasteiger partial charge < -0.3 is 14.2 Å². The second kappa shape index (κ2) is 42.9. The summed E-state index contributed by atoms with van der Waals surface area (Å²) in [4.78, 5) is 37.6. The molecule has 6 nitrogen and oxygen atoms in total. The minimum absolute atomic E-state index is 0.0692. The number of carbonyl (C=O) groups is 3. The molecule has 1 unspecified atom stereocenters. The molecule has 0 aromatic carbocycles. The number of carbonyl (C=O) groups excluding carboxylic acids is 3. The van der Waals surface area contributed by atoms with Crippen molar-refractivity contribution in [1.29, 1.82) is 0 Å². The number of unbranched alkanes of at least 4 members (excludes halogenated alkanes) is 29. The Morgan fingerprint density at radius 2 is 0.642 bits per heavy atom. The third kappa shape index (κ3) is 41.2. The van der Waals surface area contributed by atoms with Crippen LogP contribution in [0.3, 0.4) is 0 Å². The molecule has 0 aliphatic heterocycles. The van der Waals surface area contributed by atoms with Crippen LogP contribution >= 0.6 is 0 Å². The molecule has 0 amide bonds. The van der Waals surface area contributed by atoms with Crippen LogP contribution in [0.15, 0.2) is 12.2 Å². The van der Waals surface area contributed by atoms with E-state index < -0.39 is 6.10 Å². The van der Waals surface area contributed by atoms with E-state index in [0.29, 0.717) is 19.3 Å². The largest absolute Gasteiger partial charge is 0.462 e. The van der Waals surface area contributed by atoms with E-state index in [-0.39, 0.29) is 31.1 Å². The molecule has 1 atom stereocenters. The Kier molecular flexibility index (Phi) is 41.4. The standard InChI is InChI=1S/C47H88O6/c1-4-7-10-13-16-19-21-22-23-24-25-27-28-31-34-37-40-46(49)52-43-44(42-51-45(48)39-36-33-30-18-15-12-9-6-3)53-47(50)41-38-35-32-29-26-20-17-14-11-8-5-2/h14,17,44H,4-13,15-16,18-43H2,1-3H3/b17-14-. The quantitative estimate of drug-likeness (QED) is 0.0268. The molecule has 0 aromatic heterocycles. The Hall–Kier alpha value is -1.85. The Bertz CT molecular complexity index is 824. The van der Waals surface area contributed by atoms with Gasteiger partial charge in [0.15, 0.2) is 6.10 Å². The van der Waals surface area contributed by atoms with Crippen LogP contribution in [0.2, 0.25) is 0 Å². The highest BCUT2D eigenvalue weighted by molar-refractivity contribution is 5.71. The van der Waals surface area contributed by atoms with E-state index in [1.807, 2.05) is 0 Å². The highest BCUT2D eigenvalue weighted by Gasteiger charge is 2.19. The summed E-state index contributed by atoms with van der Waals surface area (Å²) in [5.74, 6) is -0.875. The van der Waals surface area contributed by atoms with Gasteiger partial charge in [-0.1, -0.05) is 206 Å². The minimum Gasteiger partial charge on any atom is -0.462 e. The van der Waals surface area contributed by atoms with Gasteiger partial charge in [-0.2, -0.15) is 0 Å². The van der Waals surface area contributed by atoms with Crippen LogP contribution in [-0.2, 0) is 28.6 Å². The van der Waals surface area contributed by atoms with Crippen molar-refractivity contribution in [3.05, 3.63) is 12.2 Å². The second-order valence-electron chi connectivity index (χ2n) is 15.7. The number of esters is 3. The van der Waals surface area contributed by atoms with Crippen molar-refractivity contribution in [3.8, 4) is 0 Å². The van der Waals surface area contributed by atoms with Gasteiger partial charge >= 0.3 is 17.9 Å². The lowest BCUT2D eigenvalue weighted by molar-refractivity contribution is -0.167. The van der Waals surface area contributed by atoms with Gasteiger partial charge in [0.25, 0.3) is 0 Å². The Balaban J connectivity index is 4.26. The molecular formula is C47H88O6. The Morgan fingerprint density at radius 1 is 0.358 bits per heavy atom. The minimum atomic E-state index is -0.765. The fourth-order valence-corrected chi connectivity index (χ4v) is 6.72. The van der Waals surface area contributed by atoms with Gasteiger partial charge in [0.05, 0.1) is 0 Å². The van der Waals surface area contributed by atoms with Gasteiger partial charge in [-0.25, -0.2) is 0 Å². The third-order valence-electron chi connectivity index (χ3n) is 10.3. The normalized spacial score (nSPS) is 12.0. The topological polar surface area (TPSA) is 78.9 Å². The summed E-state index contributed by atoms with van der Waals surface area (Å²) < 4.78 is 16.7. The zero-order chi connectivity index (χ0) is 38.7. The van der Waals surface area contributed by atoms with Crippen molar-refractivity contribution in [1.82, 2.24) is 0 Å². The highest BCUT2D eigenvalue weighted by atomic mass is 16.6. The van der Waals surface area contributed by atoms with Crippen molar-refractivity contribution in [3.63, 3.8) is 0 Å². The van der Waals surface area contributed by atoms with Crippen molar-refractivity contribution in [2.75, 3.05) is 13.2 Å². The Labute approximate surface area is 329 Å². The molecule has 312 valence electrons. The lowest BCUT2D eigenvalue weighted by atomic mass is 10.0. The first kappa shape index (κ1) is 51.1. The summed E-state index contributed by atoms with van der Waals surface area (Å²) in [6, 6.07) is 0. The molecule has 0 N–H and O–H groups in total. The van der Waals surface area contributed by atoms with Crippen LogP contribution in [0, 0.1) is 0 Å². The summed E-state index contributed by atoms with van der Waals surface area (Å²) in [6.45, 7) is 6.58. The maximum atomic E-state index is 12.7. The molecule has 0 fully saturated rings. The summed E-state index contributed by atoms with van der Waals surface area (Å²) in [5, 5.41) is 0. The van der Waals surface area contributed by atoms with E-state index in [1.165, 1.54) is 148 Å². The van der Waals surface area contributed by atoms with Gasteiger partial charge in [0.1, 0.15) is 13.2 Å². The monoisotopic (exact) mass is 749 g/mol. The molecule has 0 heterocycles. The fraction of sp³-hybridized carbons (Fsp3) is 0.894. The van der Waals surface area contributed by atoms with Crippen molar-refractivity contribution >= 4 is 17.9 Å². The Morgan fingerprint density at radius 3 is 1.00 bits per heavy atom. The van der Waals surface area contributed by atoms with E-state index in [1.54, 1.807) is 0 Å². The predicted molar refractivity (Wildman–Crippen MR) is 224 cm³/mol. The first-order valence-corrected chi connectivity index (χ1v) is 23.2.